The third kappa shape index (κ3) is 2.72. The van der Waals surface area contributed by atoms with Crippen LogP contribution in [0.2, 0.25) is 0 Å². The number of hydrogen-bond donors (Lipinski definition) is 0. The van der Waals surface area contributed by atoms with Gasteiger partial charge in [0.25, 0.3) is 23.5 Å². The van der Waals surface area contributed by atoms with Crippen LogP contribution in [0.15, 0.2) is 47.0 Å². The van der Waals surface area contributed by atoms with E-state index in [0.29, 0.717) is 0 Å². The Morgan fingerprint density at radius 1 is 1.00 bits per heavy atom. The minimum absolute atomic E-state index is 0.0749. The van der Waals surface area contributed by atoms with E-state index < -0.39 is 41.1 Å². The Morgan fingerprint density at radius 3 is 2.33 bits per heavy atom. The molecule has 0 unspecified atom stereocenters. The van der Waals surface area contributed by atoms with Crippen molar-refractivity contribution in [2.45, 2.75) is 0 Å². The number of hydroxylamine groups is 2. The van der Waals surface area contributed by atoms with Gasteiger partial charge in [-0.1, -0.05) is 17.2 Å². The molecular weight excluding hydrogens is 364 g/mol. The lowest BCUT2D eigenvalue weighted by molar-refractivity contribution is -0.0594. The minimum atomic E-state index is -1.28. The van der Waals surface area contributed by atoms with Crippen LogP contribution in [-0.4, -0.2) is 33.0 Å². The summed E-state index contributed by atoms with van der Waals surface area (Å²) in [6.07, 6.45) is 0. The summed E-state index contributed by atoms with van der Waals surface area (Å²) in [5.74, 6) is -5.68. The van der Waals surface area contributed by atoms with Gasteiger partial charge in [-0.05, 0) is 35.5 Å². The van der Waals surface area contributed by atoms with Crippen molar-refractivity contribution in [3.63, 3.8) is 0 Å². The van der Waals surface area contributed by atoms with Gasteiger partial charge in [0, 0.05) is 0 Å². The fourth-order valence-electron chi connectivity index (χ4n) is 2.45. The molecule has 3 aromatic rings. The maximum absolute atomic E-state index is 13.7. The van der Waals surface area contributed by atoms with Gasteiger partial charge in [0.05, 0.1) is 16.7 Å². The van der Waals surface area contributed by atoms with Gasteiger partial charge in [0.2, 0.25) is 0 Å². The number of aromatic nitrogens is 2. The van der Waals surface area contributed by atoms with Crippen LogP contribution in [0, 0.1) is 11.6 Å². The standard InChI is InChI=1S/C17H7F2N3O5/c18-8-5-6-12(19)11(7-8)14-20-13(21-26-14)17(25)27-22-15(23)9-3-1-2-4-10(9)16(22)24/h1-7H. The highest BCUT2D eigenvalue weighted by Crippen LogP contribution is 2.24. The Morgan fingerprint density at radius 2 is 1.67 bits per heavy atom. The summed E-state index contributed by atoms with van der Waals surface area (Å²) < 4.78 is 31.7. The number of carbonyl (C=O) groups is 3. The van der Waals surface area contributed by atoms with Crippen molar-refractivity contribution in [3.05, 3.63) is 71.1 Å². The first-order chi connectivity index (χ1) is 13.0. The molecule has 0 radical (unpaired) electrons. The predicted molar refractivity (Wildman–Crippen MR) is 82.0 cm³/mol. The zero-order valence-corrected chi connectivity index (χ0v) is 13.2. The summed E-state index contributed by atoms with van der Waals surface area (Å²) in [5.41, 5.74) is -0.209. The zero-order chi connectivity index (χ0) is 19.1. The number of hydrogen-bond acceptors (Lipinski definition) is 7. The van der Waals surface area contributed by atoms with E-state index in [-0.39, 0.29) is 21.8 Å². The zero-order valence-electron chi connectivity index (χ0n) is 13.2. The van der Waals surface area contributed by atoms with E-state index in [9.17, 15) is 23.2 Å². The lowest BCUT2D eigenvalue weighted by Gasteiger charge is -2.10. The average molecular weight is 371 g/mol. The van der Waals surface area contributed by atoms with Crippen molar-refractivity contribution in [2.75, 3.05) is 0 Å². The average Bonchev–Trinajstić information content (AvgIpc) is 3.24. The second-order valence-electron chi connectivity index (χ2n) is 5.38. The van der Waals surface area contributed by atoms with Crippen LogP contribution >= 0.6 is 0 Å². The molecule has 1 aromatic heterocycles. The summed E-state index contributed by atoms with van der Waals surface area (Å²) in [7, 11) is 0. The molecule has 1 aliphatic heterocycles. The van der Waals surface area contributed by atoms with Crippen molar-refractivity contribution in [1.82, 2.24) is 15.2 Å². The van der Waals surface area contributed by atoms with Crippen LogP contribution in [0.1, 0.15) is 31.3 Å². The van der Waals surface area contributed by atoms with Crippen molar-refractivity contribution < 1.29 is 32.5 Å². The monoisotopic (exact) mass is 371 g/mol. The van der Waals surface area contributed by atoms with E-state index in [1.165, 1.54) is 12.1 Å². The first-order valence-corrected chi connectivity index (χ1v) is 7.45. The Balaban J connectivity index is 1.57. The molecule has 10 heteroatoms. The normalized spacial score (nSPS) is 13.0. The van der Waals surface area contributed by atoms with Crippen LogP contribution < -0.4 is 0 Å². The van der Waals surface area contributed by atoms with Gasteiger partial charge in [0.15, 0.2) is 0 Å². The quantitative estimate of drug-likeness (QED) is 0.651. The maximum Gasteiger partial charge on any atom is 0.404 e. The smallest absolute Gasteiger partial charge is 0.333 e. The lowest BCUT2D eigenvalue weighted by atomic mass is 10.1. The van der Waals surface area contributed by atoms with Crippen LogP contribution in [0.4, 0.5) is 8.78 Å². The van der Waals surface area contributed by atoms with Crippen LogP contribution in [0.3, 0.4) is 0 Å². The predicted octanol–water partition coefficient (Wildman–Crippen LogP) is 2.38. The molecular formula is C17H7F2N3O5. The molecule has 0 atom stereocenters. The van der Waals surface area contributed by atoms with E-state index in [1.807, 2.05) is 0 Å². The van der Waals surface area contributed by atoms with E-state index in [2.05, 4.69) is 10.1 Å². The first-order valence-electron chi connectivity index (χ1n) is 7.45. The van der Waals surface area contributed by atoms with Gasteiger partial charge in [-0.2, -0.15) is 4.98 Å². The highest BCUT2D eigenvalue weighted by Gasteiger charge is 2.39. The molecule has 0 bridgehead atoms. The maximum atomic E-state index is 13.7. The van der Waals surface area contributed by atoms with E-state index in [0.717, 1.165) is 18.2 Å². The van der Waals surface area contributed by atoms with Gasteiger partial charge >= 0.3 is 5.97 Å². The van der Waals surface area contributed by atoms with Crippen molar-refractivity contribution in [2.24, 2.45) is 0 Å². The molecule has 2 aromatic carbocycles. The highest BCUT2D eigenvalue weighted by atomic mass is 19.1. The molecule has 2 heterocycles. The number of halogens is 2. The largest absolute Gasteiger partial charge is 0.404 e. The van der Waals surface area contributed by atoms with Gasteiger partial charge in [0.1, 0.15) is 11.6 Å². The van der Waals surface area contributed by atoms with Crippen LogP contribution in [-0.2, 0) is 4.84 Å². The Bertz CT molecular complexity index is 1080. The van der Waals surface area contributed by atoms with Gasteiger partial charge in [-0.25, -0.2) is 13.6 Å². The Hall–Kier alpha value is -3.95. The van der Waals surface area contributed by atoms with Crippen molar-refractivity contribution in [1.29, 1.82) is 0 Å². The van der Waals surface area contributed by atoms with Gasteiger partial charge in [-0.3, -0.25) is 9.59 Å². The fraction of sp³-hybridized carbons (Fsp3) is 0. The topological polar surface area (TPSA) is 103 Å². The van der Waals surface area contributed by atoms with Gasteiger partial charge in [-0.15, -0.1) is 0 Å². The molecule has 0 spiro atoms. The van der Waals surface area contributed by atoms with Crippen molar-refractivity contribution >= 4 is 17.8 Å². The summed E-state index contributed by atoms with van der Waals surface area (Å²) in [4.78, 5) is 44.8. The molecule has 1 aliphatic rings. The van der Waals surface area contributed by atoms with E-state index in [1.54, 1.807) is 12.1 Å². The molecule has 4 rings (SSSR count). The molecule has 0 aliphatic carbocycles. The first kappa shape index (κ1) is 16.5. The number of nitrogens with zero attached hydrogens (tertiary/aromatic N) is 3. The number of carbonyl (C=O) groups excluding carboxylic acids is 3. The van der Waals surface area contributed by atoms with Gasteiger partial charge < -0.3 is 9.36 Å². The number of amides is 2. The molecule has 134 valence electrons. The second-order valence-corrected chi connectivity index (χ2v) is 5.38. The third-order valence-corrected chi connectivity index (χ3v) is 3.70. The molecule has 8 nitrogen and oxygen atoms in total. The SMILES string of the molecule is O=C(ON1C(=O)c2ccccc2C1=O)c1noc(-c2cc(F)ccc2F)n1. The molecule has 0 saturated carbocycles. The van der Waals surface area contributed by atoms with Crippen LogP contribution in [0.25, 0.3) is 11.5 Å². The molecule has 0 N–H and O–H groups in total. The number of fused-ring (bicyclic) bond motifs is 1. The molecule has 0 saturated heterocycles. The number of rotatable bonds is 3. The number of imide groups is 1. The summed E-state index contributed by atoms with van der Waals surface area (Å²) in [6.45, 7) is 0. The highest BCUT2D eigenvalue weighted by molar-refractivity contribution is 6.21. The molecule has 27 heavy (non-hydrogen) atoms. The summed E-state index contributed by atoms with van der Waals surface area (Å²) >= 11 is 0. The molecule has 0 fully saturated rings. The van der Waals surface area contributed by atoms with Crippen LogP contribution in [0.5, 0.6) is 0 Å². The Labute approximate surface area is 148 Å². The van der Waals surface area contributed by atoms with Crippen molar-refractivity contribution in [3.8, 4) is 11.5 Å². The second kappa shape index (κ2) is 6.09. The van der Waals surface area contributed by atoms with E-state index in [4.69, 9.17) is 9.36 Å². The number of benzene rings is 2. The van der Waals surface area contributed by atoms with E-state index >= 15 is 0 Å². The summed E-state index contributed by atoms with van der Waals surface area (Å²) in [6, 6.07) is 8.47. The fourth-order valence-corrected chi connectivity index (χ4v) is 2.45. The Kier molecular flexibility index (Phi) is 3.73. The lowest BCUT2D eigenvalue weighted by Crippen LogP contribution is -2.33. The third-order valence-electron chi connectivity index (χ3n) is 3.70. The molecule has 2 amide bonds. The summed E-state index contributed by atoms with van der Waals surface area (Å²) in [5, 5.41) is 3.58. The minimum Gasteiger partial charge on any atom is -0.333 e.